The third-order valence-electron chi connectivity index (χ3n) is 3.04. The SMILES string of the molecule is Cc1c(-c2nonc2N)nn2cnc(OCCCO)cc12. The first kappa shape index (κ1) is 13.3. The van der Waals surface area contributed by atoms with Gasteiger partial charge in [-0.3, -0.25) is 0 Å². The van der Waals surface area contributed by atoms with E-state index in [1.165, 1.54) is 0 Å². The second kappa shape index (κ2) is 5.37. The second-order valence-electron chi connectivity index (χ2n) is 4.45. The van der Waals surface area contributed by atoms with Gasteiger partial charge in [0.05, 0.1) is 12.1 Å². The summed E-state index contributed by atoms with van der Waals surface area (Å²) >= 11 is 0. The minimum atomic E-state index is 0.0799. The number of nitrogens with zero attached hydrogens (tertiary/aromatic N) is 5. The molecule has 0 atom stereocenters. The molecule has 0 aliphatic carbocycles. The fraction of sp³-hybridized carbons (Fsp3) is 0.333. The summed E-state index contributed by atoms with van der Waals surface area (Å²) in [6.07, 6.45) is 2.10. The number of anilines is 1. The number of ether oxygens (including phenoxy) is 1. The van der Waals surface area contributed by atoms with Gasteiger partial charge in [0.1, 0.15) is 12.0 Å². The Bertz CT molecular complexity index is 766. The van der Waals surface area contributed by atoms with E-state index in [4.69, 9.17) is 15.6 Å². The maximum Gasteiger partial charge on any atom is 0.216 e. The molecule has 3 heterocycles. The lowest BCUT2D eigenvalue weighted by Crippen LogP contribution is -2.02. The van der Waals surface area contributed by atoms with Crippen LogP contribution in [0.5, 0.6) is 5.88 Å². The van der Waals surface area contributed by atoms with E-state index in [2.05, 4.69) is 25.0 Å². The highest BCUT2D eigenvalue weighted by molar-refractivity contribution is 5.75. The molecule has 3 aromatic heterocycles. The van der Waals surface area contributed by atoms with Crippen molar-refractivity contribution >= 4 is 11.3 Å². The second-order valence-corrected chi connectivity index (χ2v) is 4.45. The first-order valence-corrected chi connectivity index (χ1v) is 6.37. The molecule has 0 fully saturated rings. The molecular formula is C12H14N6O3. The molecule has 3 N–H and O–H groups in total. The van der Waals surface area contributed by atoms with Crippen molar-refractivity contribution in [2.75, 3.05) is 18.9 Å². The lowest BCUT2D eigenvalue weighted by molar-refractivity contribution is 0.229. The van der Waals surface area contributed by atoms with Gasteiger partial charge in [-0.25, -0.2) is 14.1 Å². The minimum absolute atomic E-state index is 0.0799. The van der Waals surface area contributed by atoms with Gasteiger partial charge in [-0.15, -0.1) is 0 Å². The molecule has 0 aliphatic heterocycles. The maximum atomic E-state index is 8.75. The van der Waals surface area contributed by atoms with Crippen LogP contribution in [0.1, 0.15) is 12.0 Å². The van der Waals surface area contributed by atoms with Gasteiger partial charge in [-0.1, -0.05) is 0 Å². The van der Waals surface area contributed by atoms with Gasteiger partial charge in [0, 0.05) is 24.7 Å². The number of rotatable bonds is 5. The summed E-state index contributed by atoms with van der Waals surface area (Å²) < 4.78 is 11.7. The topological polar surface area (TPSA) is 125 Å². The van der Waals surface area contributed by atoms with Crippen LogP contribution in [-0.4, -0.2) is 43.2 Å². The molecule has 3 rings (SSSR count). The molecule has 0 amide bonds. The number of aromatic nitrogens is 5. The molecule has 0 radical (unpaired) electrons. The summed E-state index contributed by atoms with van der Waals surface area (Å²) in [5, 5.41) is 20.4. The van der Waals surface area contributed by atoms with Crippen molar-refractivity contribution in [3.05, 3.63) is 18.0 Å². The summed E-state index contributed by atoms with van der Waals surface area (Å²) in [7, 11) is 0. The zero-order valence-electron chi connectivity index (χ0n) is 11.4. The van der Waals surface area contributed by atoms with Crippen molar-refractivity contribution < 1.29 is 14.5 Å². The zero-order valence-corrected chi connectivity index (χ0v) is 11.4. The standard InChI is InChI=1S/C12H14N6O3/c1-7-8-5-9(20-4-2-3-19)14-6-18(8)15-10(7)11-12(13)17-21-16-11/h5-6,19H,2-4H2,1H3,(H2,13,17). The number of nitrogen functional groups attached to an aromatic ring is 1. The zero-order chi connectivity index (χ0) is 14.8. The predicted octanol–water partition coefficient (Wildman–Crippen LogP) is 0.431. The number of hydrogen-bond acceptors (Lipinski definition) is 8. The van der Waals surface area contributed by atoms with Crippen LogP contribution in [0.25, 0.3) is 16.9 Å². The monoisotopic (exact) mass is 290 g/mol. The molecule has 110 valence electrons. The third kappa shape index (κ3) is 2.38. The van der Waals surface area contributed by atoms with E-state index >= 15 is 0 Å². The Labute approximate surface area is 119 Å². The summed E-state index contributed by atoms with van der Waals surface area (Å²) in [6.45, 7) is 2.37. The third-order valence-corrected chi connectivity index (χ3v) is 3.04. The maximum absolute atomic E-state index is 8.75. The minimum Gasteiger partial charge on any atom is -0.477 e. The Morgan fingerprint density at radius 1 is 1.38 bits per heavy atom. The molecule has 0 aliphatic rings. The highest BCUT2D eigenvalue weighted by Gasteiger charge is 2.18. The normalized spacial score (nSPS) is 11.1. The van der Waals surface area contributed by atoms with Gasteiger partial charge in [0.25, 0.3) is 0 Å². The van der Waals surface area contributed by atoms with Crippen molar-refractivity contribution in [3.8, 4) is 17.3 Å². The van der Waals surface area contributed by atoms with Crippen LogP contribution in [0, 0.1) is 6.92 Å². The van der Waals surface area contributed by atoms with Crippen molar-refractivity contribution in [1.29, 1.82) is 0 Å². The molecule has 3 aromatic rings. The van der Waals surface area contributed by atoms with Gasteiger partial charge < -0.3 is 15.6 Å². The van der Waals surface area contributed by atoms with Crippen LogP contribution in [0.2, 0.25) is 0 Å². The summed E-state index contributed by atoms with van der Waals surface area (Å²) in [5.41, 5.74) is 8.37. The molecular weight excluding hydrogens is 276 g/mol. The summed E-state index contributed by atoms with van der Waals surface area (Å²) in [4.78, 5) is 4.14. The van der Waals surface area contributed by atoms with E-state index in [-0.39, 0.29) is 12.4 Å². The molecule has 9 nitrogen and oxygen atoms in total. The van der Waals surface area contributed by atoms with Gasteiger partial charge in [0.2, 0.25) is 5.88 Å². The average Bonchev–Trinajstić information content (AvgIpc) is 3.03. The van der Waals surface area contributed by atoms with Crippen molar-refractivity contribution in [3.63, 3.8) is 0 Å². The van der Waals surface area contributed by atoms with E-state index in [9.17, 15) is 0 Å². The summed E-state index contributed by atoms with van der Waals surface area (Å²) in [6, 6.07) is 1.77. The van der Waals surface area contributed by atoms with Crippen LogP contribution >= 0.6 is 0 Å². The number of hydrogen-bond donors (Lipinski definition) is 2. The van der Waals surface area contributed by atoms with E-state index < -0.39 is 0 Å². The Hall–Kier alpha value is -2.68. The predicted molar refractivity (Wildman–Crippen MR) is 72.6 cm³/mol. The van der Waals surface area contributed by atoms with Crippen molar-refractivity contribution in [2.24, 2.45) is 0 Å². The Morgan fingerprint density at radius 2 is 2.24 bits per heavy atom. The number of aryl methyl sites for hydroxylation is 1. The van der Waals surface area contributed by atoms with Crippen LogP contribution in [0.15, 0.2) is 17.0 Å². The van der Waals surface area contributed by atoms with E-state index in [0.717, 1.165) is 11.1 Å². The van der Waals surface area contributed by atoms with E-state index in [1.54, 1.807) is 16.9 Å². The van der Waals surface area contributed by atoms with E-state index in [0.29, 0.717) is 30.3 Å². The molecule has 0 saturated heterocycles. The van der Waals surface area contributed by atoms with Gasteiger partial charge in [0.15, 0.2) is 11.5 Å². The smallest absolute Gasteiger partial charge is 0.216 e. The fourth-order valence-corrected chi connectivity index (χ4v) is 1.96. The largest absolute Gasteiger partial charge is 0.477 e. The molecule has 0 spiro atoms. The Morgan fingerprint density at radius 3 is 2.95 bits per heavy atom. The van der Waals surface area contributed by atoms with Crippen molar-refractivity contribution in [2.45, 2.75) is 13.3 Å². The number of fused-ring (bicyclic) bond motifs is 1. The van der Waals surface area contributed by atoms with Crippen LogP contribution in [-0.2, 0) is 0 Å². The first-order valence-electron chi connectivity index (χ1n) is 6.37. The lowest BCUT2D eigenvalue weighted by Gasteiger charge is -2.03. The van der Waals surface area contributed by atoms with Gasteiger partial charge >= 0.3 is 0 Å². The molecule has 0 unspecified atom stereocenters. The molecule has 21 heavy (non-hydrogen) atoms. The number of nitrogens with two attached hydrogens (primary N) is 1. The van der Waals surface area contributed by atoms with Crippen LogP contribution in [0.3, 0.4) is 0 Å². The van der Waals surface area contributed by atoms with Gasteiger partial charge in [-0.05, 0) is 17.2 Å². The molecule has 9 heteroatoms. The summed E-state index contributed by atoms with van der Waals surface area (Å²) in [5.74, 6) is 0.658. The van der Waals surface area contributed by atoms with Gasteiger partial charge in [-0.2, -0.15) is 5.10 Å². The average molecular weight is 290 g/mol. The number of aliphatic hydroxyl groups is 1. The quantitative estimate of drug-likeness (QED) is 0.648. The number of aliphatic hydroxyl groups excluding tert-OH is 1. The van der Waals surface area contributed by atoms with Crippen LogP contribution < -0.4 is 10.5 Å². The Balaban J connectivity index is 1.99. The highest BCUT2D eigenvalue weighted by Crippen LogP contribution is 2.27. The molecule has 0 saturated carbocycles. The fourth-order valence-electron chi connectivity index (χ4n) is 1.96. The molecule has 0 aromatic carbocycles. The van der Waals surface area contributed by atoms with Crippen LogP contribution in [0.4, 0.5) is 5.82 Å². The van der Waals surface area contributed by atoms with Crippen molar-refractivity contribution in [1.82, 2.24) is 24.9 Å². The Kier molecular flexibility index (Phi) is 3.40. The first-order chi connectivity index (χ1) is 10.2. The highest BCUT2D eigenvalue weighted by atomic mass is 16.6. The van der Waals surface area contributed by atoms with E-state index in [1.807, 2.05) is 6.92 Å². The lowest BCUT2D eigenvalue weighted by atomic mass is 10.2. The molecule has 0 bridgehead atoms.